The smallest absolute Gasteiger partial charge is 0.227 e. The van der Waals surface area contributed by atoms with Crippen LogP contribution < -0.4 is 4.74 Å². The molecule has 0 N–H and O–H groups in total. The highest BCUT2D eigenvalue weighted by Gasteiger charge is 2.30. The number of halogens is 2. The SMILES string of the molecule is COc1ccc(Cl)cc1CN(C)C(=O)C1CCCN(C(=O)Cc2ccc(F)cc2)C1. The van der Waals surface area contributed by atoms with Crippen LogP contribution in [-0.4, -0.2) is 48.9 Å². The van der Waals surface area contributed by atoms with Gasteiger partial charge in [0.25, 0.3) is 0 Å². The minimum absolute atomic E-state index is 0.00342. The number of carbonyl (C=O) groups is 2. The predicted molar refractivity (Wildman–Crippen MR) is 114 cm³/mol. The molecular weight excluding hydrogens is 407 g/mol. The molecule has 2 aromatic rings. The van der Waals surface area contributed by atoms with Crippen LogP contribution in [0.5, 0.6) is 5.75 Å². The molecule has 30 heavy (non-hydrogen) atoms. The summed E-state index contributed by atoms with van der Waals surface area (Å²) in [4.78, 5) is 29.1. The molecule has 1 aliphatic rings. The van der Waals surface area contributed by atoms with Crippen LogP contribution >= 0.6 is 11.6 Å². The fourth-order valence-corrected chi connectivity index (χ4v) is 4.00. The number of likely N-dealkylation sites (tertiary alicyclic amines) is 1. The second kappa shape index (κ2) is 9.94. The Morgan fingerprint density at radius 3 is 2.67 bits per heavy atom. The van der Waals surface area contributed by atoms with Crippen molar-refractivity contribution in [3.8, 4) is 5.75 Å². The lowest BCUT2D eigenvalue weighted by atomic mass is 9.95. The van der Waals surface area contributed by atoms with Crippen LogP contribution in [0.25, 0.3) is 0 Å². The van der Waals surface area contributed by atoms with Crippen molar-refractivity contribution in [3.05, 3.63) is 64.4 Å². The third-order valence-corrected chi connectivity index (χ3v) is 5.65. The largest absolute Gasteiger partial charge is 0.496 e. The van der Waals surface area contributed by atoms with Crippen LogP contribution in [0.15, 0.2) is 42.5 Å². The molecule has 0 aromatic heterocycles. The van der Waals surface area contributed by atoms with E-state index >= 15 is 0 Å². The molecule has 1 aliphatic heterocycles. The van der Waals surface area contributed by atoms with Crippen LogP contribution in [0.1, 0.15) is 24.0 Å². The van der Waals surface area contributed by atoms with Crippen molar-refractivity contribution in [1.82, 2.24) is 9.80 Å². The van der Waals surface area contributed by atoms with Crippen LogP contribution in [0, 0.1) is 11.7 Å². The first kappa shape index (κ1) is 22.1. The van der Waals surface area contributed by atoms with Gasteiger partial charge in [0.15, 0.2) is 0 Å². The number of carbonyl (C=O) groups excluding carboxylic acids is 2. The standard InChI is InChI=1S/C23H26ClFN2O3/c1-26(14-18-13-19(24)7-10-21(18)30-2)23(29)17-4-3-11-27(15-17)22(28)12-16-5-8-20(25)9-6-16/h5-10,13,17H,3-4,11-12,14-15H2,1-2H3. The topological polar surface area (TPSA) is 49.9 Å². The van der Waals surface area contributed by atoms with E-state index in [0.29, 0.717) is 30.4 Å². The summed E-state index contributed by atoms with van der Waals surface area (Å²) in [5.41, 5.74) is 1.60. The Hall–Kier alpha value is -2.60. The van der Waals surface area contributed by atoms with E-state index in [1.54, 1.807) is 54.3 Å². The Labute approximate surface area is 181 Å². The monoisotopic (exact) mass is 432 g/mol. The van der Waals surface area contributed by atoms with Crippen molar-refractivity contribution < 1.29 is 18.7 Å². The summed E-state index contributed by atoms with van der Waals surface area (Å²) in [6.45, 7) is 1.41. The van der Waals surface area contributed by atoms with Crippen molar-refractivity contribution in [1.29, 1.82) is 0 Å². The Morgan fingerprint density at radius 2 is 1.97 bits per heavy atom. The van der Waals surface area contributed by atoms with Gasteiger partial charge in [-0.3, -0.25) is 9.59 Å². The summed E-state index contributed by atoms with van der Waals surface area (Å²) in [7, 11) is 3.34. The van der Waals surface area contributed by atoms with Gasteiger partial charge in [0.2, 0.25) is 11.8 Å². The van der Waals surface area contributed by atoms with Crippen molar-refractivity contribution >= 4 is 23.4 Å². The van der Waals surface area contributed by atoms with Gasteiger partial charge in [0.05, 0.1) is 19.4 Å². The number of ether oxygens (including phenoxy) is 1. The summed E-state index contributed by atoms with van der Waals surface area (Å²) >= 11 is 6.09. The normalized spacial score (nSPS) is 16.3. The van der Waals surface area contributed by atoms with Crippen molar-refractivity contribution in [2.75, 3.05) is 27.2 Å². The van der Waals surface area contributed by atoms with E-state index in [0.717, 1.165) is 24.0 Å². The molecule has 1 fully saturated rings. The average Bonchev–Trinajstić information content (AvgIpc) is 2.75. The van der Waals surface area contributed by atoms with Gasteiger partial charge in [0, 0.05) is 37.3 Å². The number of hydrogen-bond acceptors (Lipinski definition) is 3. The predicted octanol–water partition coefficient (Wildman–Crippen LogP) is 3.93. The zero-order chi connectivity index (χ0) is 21.7. The van der Waals surface area contributed by atoms with E-state index in [1.165, 1.54) is 12.1 Å². The second-order valence-corrected chi connectivity index (χ2v) is 8.07. The lowest BCUT2D eigenvalue weighted by Crippen LogP contribution is -2.46. The second-order valence-electron chi connectivity index (χ2n) is 7.63. The van der Waals surface area contributed by atoms with Crippen LogP contribution in [0.2, 0.25) is 5.02 Å². The molecule has 0 aliphatic carbocycles. The number of piperidine rings is 1. The molecule has 0 radical (unpaired) electrons. The van der Waals surface area contributed by atoms with Crippen LogP contribution in [0.3, 0.4) is 0 Å². The number of hydrogen-bond donors (Lipinski definition) is 0. The molecule has 2 aromatic carbocycles. The maximum absolute atomic E-state index is 13.1. The minimum Gasteiger partial charge on any atom is -0.496 e. The van der Waals surface area contributed by atoms with Gasteiger partial charge in [-0.25, -0.2) is 4.39 Å². The van der Waals surface area contributed by atoms with E-state index in [1.807, 2.05) is 0 Å². The molecule has 1 unspecified atom stereocenters. The van der Waals surface area contributed by atoms with E-state index in [2.05, 4.69) is 0 Å². The number of amides is 2. The quantitative estimate of drug-likeness (QED) is 0.695. The Bertz CT molecular complexity index is 904. The summed E-state index contributed by atoms with van der Waals surface area (Å²) in [5.74, 6) is 0.0636. The van der Waals surface area contributed by atoms with Crippen molar-refractivity contribution in [2.24, 2.45) is 5.92 Å². The van der Waals surface area contributed by atoms with E-state index in [-0.39, 0.29) is 30.0 Å². The first-order valence-electron chi connectivity index (χ1n) is 9.97. The molecule has 0 saturated carbocycles. The van der Waals surface area contributed by atoms with Gasteiger partial charge in [-0.05, 0) is 48.7 Å². The minimum atomic E-state index is -0.325. The van der Waals surface area contributed by atoms with Gasteiger partial charge >= 0.3 is 0 Å². The zero-order valence-corrected chi connectivity index (χ0v) is 18.0. The first-order valence-corrected chi connectivity index (χ1v) is 10.3. The highest BCUT2D eigenvalue weighted by atomic mass is 35.5. The molecule has 3 rings (SSSR count). The molecule has 7 heteroatoms. The number of benzene rings is 2. The van der Waals surface area contributed by atoms with Gasteiger partial charge < -0.3 is 14.5 Å². The summed E-state index contributed by atoms with van der Waals surface area (Å²) in [5, 5.41) is 0.585. The number of methoxy groups -OCH3 is 1. The van der Waals surface area contributed by atoms with Gasteiger partial charge in [-0.2, -0.15) is 0 Å². The lowest BCUT2D eigenvalue weighted by molar-refractivity contribution is -0.140. The maximum Gasteiger partial charge on any atom is 0.227 e. The first-order chi connectivity index (χ1) is 14.4. The summed E-state index contributed by atoms with van der Waals surface area (Å²) < 4.78 is 18.4. The van der Waals surface area contributed by atoms with E-state index in [4.69, 9.17) is 16.3 Å². The maximum atomic E-state index is 13.1. The fourth-order valence-electron chi connectivity index (χ4n) is 3.81. The Kier molecular flexibility index (Phi) is 7.32. The zero-order valence-electron chi connectivity index (χ0n) is 17.2. The van der Waals surface area contributed by atoms with Gasteiger partial charge in [0.1, 0.15) is 11.6 Å². The molecule has 0 bridgehead atoms. The molecule has 1 atom stereocenters. The van der Waals surface area contributed by atoms with Gasteiger partial charge in [-0.1, -0.05) is 23.7 Å². The van der Waals surface area contributed by atoms with Crippen LogP contribution in [-0.2, 0) is 22.6 Å². The van der Waals surface area contributed by atoms with Crippen molar-refractivity contribution in [2.45, 2.75) is 25.8 Å². The molecule has 0 spiro atoms. The molecule has 2 amide bonds. The Balaban J connectivity index is 1.61. The third-order valence-electron chi connectivity index (χ3n) is 5.42. The highest BCUT2D eigenvalue weighted by molar-refractivity contribution is 6.30. The molecule has 160 valence electrons. The number of rotatable bonds is 6. The van der Waals surface area contributed by atoms with E-state index in [9.17, 15) is 14.0 Å². The molecule has 5 nitrogen and oxygen atoms in total. The molecule has 1 heterocycles. The average molecular weight is 433 g/mol. The molecule has 1 saturated heterocycles. The fraction of sp³-hybridized carbons (Fsp3) is 0.391. The van der Waals surface area contributed by atoms with Crippen molar-refractivity contribution in [3.63, 3.8) is 0 Å². The van der Waals surface area contributed by atoms with Crippen LogP contribution in [0.4, 0.5) is 4.39 Å². The highest BCUT2D eigenvalue weighted by Crippen LogP contribution is 2.25. The van der Waals surface area contributed by atoms with E-state index < -0.39 is 0 Å². The van der Waals surface area contributed by atoms with Gasteiger partial charge in [-0.15, -0.1) is 0 Å². The number of nitrogens with zero attached hydrogens (tertiary/aromatic N) is 2. The Morgan fingerprint density at radius 1 is 1.23 bits per heavy atom. The molecular formula is C23H26ClFN2O3. The lowest BCUT2D eigenvalue weighted by Gasteiger charge is -2.34. The summed E-state index contributed by atoms with van der Waals surface area (Å²) in [6, 6.07) is 11.3. The third kappa shape index (κ3) is 5.51. The summed E-state index contributed by atoms with van der Waals surface area (Å²) in [6.07, 6.45) is 1.73.